The molecule has 1 aliphatic heterocycles. The van der Waals surface area contributed by atoms with E-state index in [1.807, 2.05) is 0 Å². The van der Waals surface area contributed by atoms with Crippen LogP contribution in [0.2, 0.25) is 0 Å². The van der Waals surface area contributed by atoms with E-state index < -0.39 is 0 Å². The minimum Gasteiger partial charge on any atom is -0.339 e. The van der Waals surface area contributed by atoms with Gasteiger partial charge >= 0.3 is 0 Å². The lowest BCUT2D eigenvalue weighted by molar-refractivity contribution is -0.117. The Morgan fingerprint density at radius 3 is 2.85 bits per heavy atom. The molecule has 1 aromatic heterocycles. The first kappa shape index (κ1) is 12.8. The predicted octanol–water partition coefficient (Wildman–Crippen LogP) is 2.35. The zero-order valence-corrected chi connectivity index (χ0v) is 11.3. The third-order valence-corrected chi connectivity index (χ3v) is 3.47. The van der Waals surface area contributed by atoms with E-state index in [2.05, 4.69) is 10.1 Å². The van der Waals surface area contributed by atoms with Gasteiger partial charge in [-0.1, -0.05) is 5.16 Å². The quantitative estimate of drug-likeness (QED) is 0.844. The van der Waals surface area contributed by atoms with Gasteiger partial charge in [-0.15, -0.1) is 0 Å². The predicted molar refractivity (Wildman–Crippen MR) is 69.9 cm³/mol. The van der Waals surface area contributed by atoms with Crippen LogP contribution >= 0.6 is 0 Å². The van der Waals surface area contributed by atoms with Gasteiger partial charge in [0.1, 0.15) is 5.82 Å². The van der Waals surface area contributed by atoms with Crippen molar-refractivity contribution < 1.29 is 13.7 Å². The Labute approximate surface area is 115 Å². The molecule has 1 aromatic carbocycles. The van der Waals surface area contributed by atoms with Gasteiger partial charge in [-0.05, 0) is 37.6 Å². The van der Waals surface area contributed by atoms with Crippen LogP contribution in [0, 0.1) is 19.7 Å². The zero-order chi connectivity index (χ0) is 14.3. The van der Waals surface area contributed by atoms with Gasteiger partial charge < -0.3 is 9.42 Å². The van der Waals surface area contributed by atoms with Gasteiger partial charge in [-0.25, -0.2) is 4.39 Å². The summed E-state index contributed by atoms with van der Waals surface area (Å²) < 4.78 is 18.3. The number of aromatic nitrogens is 2. The molecule has 0 N–H and O–H groups in total. The molecule has 2 heterocycles. The van der Waals surface area contributed by atoms with E-state index in [4.69, 9.17) is 4.52 Å². The summed E-state index contributed by atoms with van der Waals surface area (Å²) in [5.41, 5.74) is 1.47. The van der Waals surface area contributed by atoms with Gasteiger partial charge in [0.15, 0.2) is 5.82 Å². The van der Waals surface area contributed by atoms with Crippen LogP contribution in [0.5, 0.6) is 0 Å². The number of hydrogen-bond donors (Lipinski definition) is 0. The van der Waals surface area contributed by atoms with Crippen molar-refractivity contribution in [1.82, 2.24) is 10.1 Å². The van der Waals surface area contributed by atoms with Crippen molar-refractivity contribution in [1.29, 1.82) is 0 Å². The Morgan fingerprint density at radius 1 is 1.40 bits per heavy atom. The fourth-order valence-electron chi connectivity index (χ4n) is 2.51. The Balaban J connectivity index is 1.87. The summed E-state index contributed by atoms with van der Waals surface area (Å²) >= 11 is 0. The van der Waals surface area contributed by atoms with Gasteiger partial charge in [0.2, 0.25) is 11.8 Å². The maximum Gasteiger partial charge on any atom is 0.232 e. The van der Waals surface area contributed by atoms with Crippen LogP contribution in [0.3, 0.4) is 0 Å². The lowest BCUT2D eigenvalue weighted by Gasteiger charge is -2.18. The highest BCUT2D eigenvalue weighted by Gasteiger charge is 2.35. The van der Waals surface area contributed by atoms with Crippen molar-refractivity contribution >= 4 is 11.6 Å². The second-order valence-electron chi connectivity index (χ2n) is 5.02. The molecule has 5 nitrogen and oxygen atoms in total. The standard InChI is InChI=1S/C14H14FN3O2/c1-8-5-11(15)3-4-12(8)18-7-10(6-13(18)19)14-16-9(2)17-20-14/h3-5,10H,6-7H2,1-2H3/t10-/m0/s1. The molecule has 0 radical (unpaired) electrons. The molecule has 20 heavy (non-hydrogen) atoms. The largest absolute Gasteiger partial charge is 0.339 e. The summed E-state index contributed by atoms with van der Waals surface area (Å²) in [6, 6.07) is 4.41. The van der Waals surface area contributed by atoms with Crippen molar-refractivity contribution in [2.75, 3.05) is 11.4 Å². The maximum atomic E-state index is 13.1. The fraction of sp³-hybridized carbons (Fsp3) is 0.357. The molecule has 6 heteroatoms. The average Bonchev–Trinajstić information content (AvgIpc) is 2.96. The number of nitrogens with zero attached hydrogens (tertiary/aromatic N) is 3. The molecule has 0 bridgehead atoms. The molecule has 0 spiro atoms. The number of anilines is 1. The molecule has 0 saturated carbocycles. The van der Waals surface area contributed by atoms with Crippen LogP contribution in [0.25, 0.3) is 0 Å². The van der Waals surface area contributed by atoms with E-state index in [0.29, 0.717) is 24.7 Å². The molecule has 0 aliphatic carbocycles. The van der Waals surface area contributed by atoms with Crippen LogP contribution in [0.15, 0.2) is 22.7 Å². The molecular weight excluding hydrogens is 261 g/mol. The minimum atomic E-state index is -0.304. The molecule has 1 saturated heterocycles. The minimum absolute atomic E-state index is 0.0134. The molecule has 3 rings (SSSR count). The van der Waals surface area contributed by atoms with E-state index in [1.165, 1.54) is 12.1 Å². The van der Waals surface area contributed by atoms with E-state index >= 15 is 0 Å². The second kappa shape index (κ2) is 4.70. The van der Waals surface area contributed by atoms with Crippen molar-refractivity contribution in [2.45, 2.75) is 26.2 Å². The first-order valence-electron chi connectivity index (χ1n) is 6.41. The second-order valence-corrected chi connectivity index (χ2v) is 5.02. The van der Waals surface area contributed by atoms with Gasteiger partial charge in [0, 0.05) is 18.7 Å². The van der Waals surface area contributed by atoms with Gasteiger partial charge in [0.25, 0.3) is 0 Å². The Kier molecular flexibility index (Phi) is 3.00. The first-order chi connectivity index (χ1) is 9.54. The lowest BCUT2D eigenvalue weighted by atomic mass is 10.1. The van der Waals surface area contributed by atoms with Crippen LogP contribution in [0.1, 0.15) is 29.6 Å². The number of halogens is 1. The number of carbonyl (C=O) groups is 1. The van der Waals surface area contributed by atoms with Gasteiger partial charge in [0.05, 0.1) is 5.92 Å². The number of amides is 1. The summed E-state index contributed by atoms with van der Waals surface area (Å²) in [6.45, 7) is 4.01. The van der Waals surface area contributed by atoms with Crippen LogP contribution < -0.4 is 4.90 Å². The SMILES string of the molecule is Cc1noc([C@H]2CC(=O)N(c3ccc(F)cc3C)C2)n1. The van der Waals surface area contributed by atoms with Crippen molar-refractivity contribution in [3.63, 3.8) is 0 Å². The number of hydrogen-bond acceptors (Lipinski definition) is 4. The summed E-state index contributed by atoms with van der Waals surface area (Å²) in [5.74, 6) is 0.623. The molecule has 1 atom stereocenters. The average molecular weight is 275 g/mol. The van der Waals surface area contributed by atoms with Crippen molar-refractivity contribution in [3.05, 3.63) is 41.3 Å². The summed E-state index contributed by atoms with van der Waals surface area (Å²) in [4.78, 5) is 18.0. The van der Waals surface area contributed by atoms with E-state index in [1.54, 1.807) is 24.8 Å². The van der Waals surface area contributed by atoms with Crippen LogP contribution in [-0.4, -0.2) is 22.6 Å². The van der Waals surface area contributed by atoms with Gasteiger partial charge in [-0.2, -0.15) is 4.98 Å². The summed E-state index contributed by atoms with van der Waals surface area (Å²) in [6.07, 6.45) is 0.332. The number of aryl methyl sites for hydroxylation is 2. The van der Waals surface area contributed by atoms with Crippen molar-refractivity contribution in [3.8, 4) is 0 Å². The highest BCUT2D eigenvalue weighted by Crippen LogP contribution is 2.32. The van der Waals surface area contributed by atoms with Crippen LogP contribution in [-0.2, 0) is 4.79 Å². The van der Waals surface area contributed by atoms with E-state index in [9.17, 15) is 9.18 Å². The summed E-state index contributed by atoms with van der Waals surface area (Å²) in [7, 11) is 0. The lowest BCUT2D eigenvalue weighted by Crippen LogP contribution is -2.25. The van der Waals surface area contributed by atoms with Gasteiger partial charge in [-0.3, -0.25) is 4.79 Å². The highest BCUT2D eigenvalue weighted by molar-refractivity contribution is 5.97. The summed E-state index contributed by atoms with van der Waals surface area (Å²) in [5, 5.41) is 3.75. The molecule has 104 valence electrons. The molecule has 0 unspecified atom stereocenters. The smallest absolute Gasteiger partial charge is 0.232 e. The third-order valence-electron chi connectivity index (χ3n) is 3.47. The highest BCUT2D eigenvalue weighted by atomic mass is 19.1. The first-order valence-corrected chi connectivity index (χ1v) is 6.41. The molecule has 1 fully saturated rings. The Bertz CT molecular complexity index is 668. The number of benzene rings is 1. The maximum absolute atomic E-state index is 13.1. The number of rotatable bonds is 2. The third kappa shape index (κ3) is 2.17. The van der Waals surface area contributed by atoms with Crippen LogP contribution in [0.4, 0.5) is 10.1 Å². The van der Waals surface area contributed by atoms with E-state index in [0.717, 1.165) is 11.3 Å². The zero-order valence-electron chi connectivity index (χ0n) is 11.3. The van der Waals surface area contributed by atoms with E-state index in [-0.39, 0.29) is 17.6 Å². The molecule has 2 aromatic rings. The Morgan fingerprint density at radius 2 is 2.20 bits per heavy atom. The molecule has 1 amide bonds. The monoisotopic (exact) mass is 275 g/mol. The molecule has 1 aliphatic rings. The topological polar surface area (TPSA) is 59.2 Å². The number of carbonyl (C=O) groups excluding carboxylic acids is 1. The Hall–Kier alpha value is -2.24. The normalized spacial score (nSPS) is 18.9. The fourth-order valence-corrected chi connectivity index (χ4v) is 2.51. The molecular formula is C14H14FN3O2. The van der Waals surface area contributed by atoms with Crippen molar-refractivity contribution in [2.24, 2.45) is 0 Å².